The molecule has 0 aromatic rings. The molecule has 76 valence electrons. The van der Waals surface area contributed by atoms with Gasteiger partial charge in [-0.15, -0.1) is 0 Å². The van der Waals surface area contributed by atoms with Crippen LogP contribution < -0.4 is 0 Å². The van der Waals surface area contributed by atoms with Crippen LogP contribution in [-0.4, -0.2) is 11.1 Å². The van der Waals surface area contributed by atoms with Gasteiger partial charge in [0.2, 0.25) is 0 Å². The highest BCUT2D eigenvalue weighted by Gasteiger charge is 2.23. The zero-order valence-electron chi connectivity index (χ0n) is 8.46. The Morgan fingerprint density at radius 1 is 1.46 bits per heavy atom. The number of carboxylic acids is 1. The second-order valence-electron chi connectivity index (χ2n) is 4.21. The highest BCUT2D eigenvalue weighted by Crippen LogP contribution is 2.31. The summed E-state index contributed by atoms with van der Waals surface area (Å²) in [5.74, 6) is 0.0366. The minimum atomic E-state index is -0.589. The molecule has 1 unspecified atom stereocenters. The van der Waals surface area contributed by atoms with E-state index in [-0.39, 0.29) is 5.92 Å². The summed E-state index contributed by atoms with van der Waals surface area (Å²) in [5.41, 5.74) is 0. The first-order valence-corrected chi connectivity index (χ1v) is 5.46. The van der Waals surface area contributed by atoms with Crippen LogP contribution in [0.15, 0.2) is 0 Å². The predicted octanol–water partition coefficient (Wildman–Crippen LogP) is 3.07. The Bertz CT molecular complexity index is 159. The first kappa shape index (κ1) is 10.6. The Morgan fingerprint density at radius 3 is 2.54 bits per heavy atom. The van der Waals surface area contributed by atoms with E-state index in [1.807, 2.05) is 0 Å². The van der Waals surface area contributed by atoms with Crippen molar-refractivity contribution in [3.05, 3.63) is 0 Å². The van der Waals surface area contributed by atoms with E-state index in [4.69, 9.17) is 5.11 Å². The SMILES string of the molecule is CCCC(CC1CCCC1)C(=O)O. The van der Waals surface area contributed by atoms with Gasteiger partial charge in [-0.25, -0.2) is 0 Å². The lowest BCUT2D eigenvalue weighted by Crippen LogP contribution is -2.16. The molecule has 0 amide bonds. The van der Waals surface area contributed by atoms with Crippen molar-refractivity contribution >= 4 is 5.97 Å². The van der Waals surface area contributed by atoms with Crippen LogP contribution in [0.1, 0.15) is 51.9 Å². The summed E-state index contributed by atoms with van der Waals surface area (Å²) in [6.45, 7) is 2.06. The van der Waals surface area contributed by atoms with Gasteiger partial charge in [-0.1, -0.05) is 39.0 Å². The van der Waals surface area contributed by atoms with Gasteiger partial charge in [-0.05, 0) is 18.8 Å². The fourth-order valence-corrected chi connectivity index (χ4v) is 2.34. The van der Waals surface area contributed by atoms with Crippen molar-refractivity contribution in [2.75, 3.05) is 0 Å². The Balaban J connectivity index is 2.32. The standard InChI is InChI=1S/C11H20O2/c1-2-5-10(11(12)13)8-9-6-3-4-7-9/h9-10H,2-8H2,1H3,(H,12,13). The summed E-state index contributed by atoms with van der Waals surface area (Å²) in [7, 11) is 0. The minimum absolute atomic E-state index is 0.0758. The summed E-state index contributed by atoms with van der Waals surface area (Å²) in [4.78, 5) is 10.9. The molecule has 1 fully saturated rings. The average molecular weight is 184 g/mol. The molecule has 1 saturated carbocycles. The molecular weight excluding hydrogens is 164 g/mol. The first-order chi connectivity index (χ1) is 6.24. The highest BCUT2D eigenvalue weighted by atomic mass is 16.4. The van der Waals surface area contributed by atoms with E-state index in [2.05, 4.69) is 6.92 Å². The molecule has 0 aromatic heterocycles. The average Bonchev–Trinajstić information content (AvgIpc) is 2.56. The van der Waals surface area contributed by atoms with Crippen molar-refractivity contribution in [1.82, 2.24) is 0 Å². The maximum Gasteiger partial charge on any atom is 0.306 e. The molecule has 13 heavy (non-hydrogen) atoms. The molecule has 2 heteroatoms. The molecule has 0 saturated heterocycles. The van der Waals surface area contributed by atoms with Gasteiger partial charge in [0.15, 0.2) is 0 Å². The number of carbonyl (C=O) groups is 1. The lowest BCUT2D eigenvalue weighted by atomic mass is 9.90. The number of aliphatic carboxylic acids is 1. The Hall–Kier alpha value is -0.530. The van der Waals surface area contributed by atoms with E-state index in [1.54, 1.807) is 0 Å². The second kappa shape index (κ2) is 5.25. The summed E-state index contributed by atoms with van der Waals surface area (Å²) in [5, 5.41) is 8.96. The van der Waals surface area contributed by atoms with Gasteiger partial charge < -0.3 is 5.11 Å². The lowest BCUT2D eigenvalue weighted by Gasteiger charge is -2.15. The van der Waals surface area contributed by atoms with Gasteiger partial charge >= 0.3 is 5.97 Å². The fourth-order valence-electron chi connectivity index (χ4n) is 2.34. The number of carboxylic acid groups (broad SMARTS) is 1. The molecule has 0 bridgehead atoms. The summed E-state index contributed by atoms with van der Waals surface area (Å²) >= 11 is 0. The summed E-state index contributed by atoms with van der Waals surface area (Å²) < 4.78 is 0. The van der Waals surface area contributed by atoms with Gasteiger partial charge in [-0.3, -0.25) is 4.79 Å². The van der Waals surface area contributed by atoms with Gasteiger partial charge in [-0.2, -0.15) is 0 Å². The van der Waals surface area contributed by atoms with Crippen LogP contribution in [0.2, 0.25) is 0 Å². The Morgan fingerprint density at radius 2 is 2.08 bits per heavy atom. The molecule has 0 heterocycles. The van der Waals surface area contributed by atoms with Crippen molar-refractivity contribution in [2.45, 2.75) is 51.9 Å². The Kier molecular flexibility index (Phi) is 4.26. The summed E-state index contributed by atoms with van der Waals surface area (Å²) in [6, 6.07) is 0. The molecule has 1 N–H and O–H groups in total. The molecule has 0 radical (unpaired) electrons. The third-order valence-corrected chi connectivity index (χ3v) is 3.08. The summed E-state index contributed by atoms with van der Waals surface area (Å²) in [6.07, 6.45) is 7.89. The van der Waals surface area contributed by atoms with Gasteiger partial charge in [0, 0.05) is 0 Å². The number of rotatable bonds is 5. The van der Waals surface area contributed by atoms with E-state index in [1.165, 1.54) is 25.7 Å². The van der Waals surface area contributed by atoms with E-state index in [0.29, 0.717) is 5.92 Å². The highest BCUT2D eigenvalue weighted by molar-refractivity contribution is 5.69. The van der Waals surface area contributed by atoms with E-state index in [0.717, 1.165) is 19.3 Å². The van der Waals surface area contributed by atoms with Gasteiger partial charge in [0.1, 0.15) is 0 Å². The van der Waals surface area contributed by atoms with Crippen molar-refractivity contribution in [3.63, 3.8) is 0 Å². The fraction of sp³-hybridized carbons (Fsp3) is 0.909. The second-order valence-corrected chi connectivity index (χ2v) is 4.21. The van der Waals surface area contributed by atoms with Crippen LogP contribution in [0.3, 0.4) is 0 Å². The zero-order chi connectivity index (χ0) is 9.68. The molecule has 0 spiro atoms. The lowest BCUT2D eigenvalue weighted by molar-refractivity contribution is -0.142. The molecular formula is C11H20O2. The monoisotopic (exact) mass is 184 g/mol. The third-order valence-electron chi connectivity index (χ3n) is 3.08. The molecule has 1 rings (SSSR count). The number of hydrogen-bond acceptors (Lipinski definition) is 1. The molecule has 1 atom stereocenters. The molecule has 1 aliphatic carbocycles. The molecule has 2 nitrogen and oxygen atoms in total. The van der Waals surface area contributed by atoms with E-state index < -0.39 is 5.97 Å². The maximum atomic E-state index is 10.9. The van der Waals surface area contributed by atoms with Crippen molar-refractivity contribution in [2.24, 2.45) is 11.8 Å². The molecule has 0 aromatic carbocycles. The van der Waals surface area contributed by atoms with Crippen molar-refractivity contribution < 1.29 is 9.90 Å². The predicted molar refractivity (Wildman–Crippen MR) is 52.6 cm³/mol. The van der Waals surface area contributed by atoms with Gasteiger partial charge in [0.25, 0.3) is 0 Å². The quantitative estimate of drug-likeness (QED) is 0.713. The van der Waals surface area contributed by atoms with Crippen LogP contribution in [0.5, 0.6) is 0 Å². The van der Waals surface area contributed by atoms with Crippen molar-refractivity contribution in [3.8, 4) is 0 Å². The normalized spacial score (nSPS) is 20.4. The van der Waals surface area contributed by atoms with Crippen LogP contribution >= 0.6 is 0 Å². The van der Waals surface area contributed by atoms with Gasteiger partial charge in [0.05, 0.1) is 5.92 Å². The van der Waals surface area contributed by atoms with E-state index in [9.17, 15) is 4.79 Å². The smallest absolute Gasteiger partial charge is 0.306 e. The van der Waals surface area contributed by atoms with Crippen LogP contribution in [-0.2, 0) is 4.79 Å². The molecule has 0 aliphatic heterocycles. The largest absolute Gasteiger partial charge is 0.481 e. The van der Waals surface area contributed by atoms with E-state index >= 15 is 0 Å². The first-order valence-electron chi connectivity index (χ1n) is 5.46. The maximum absolute atomic E-state index is 10.9. The zero-order valence-corrected chi connectivity index (χ0v) is 8.46. The Labute approximate surface area is 80.3 Å². The van der Waals surface area contributed by atoms with Crippen LogP contribution in [0.25, 0.3) is 0 Å². The molecule has 1 aliphatic rings. The number of hydrogen-bond donors (Lipinski definition) is 1. The topological polar surface area (TPSA) is 37.3 Å². The van der Waals surface area contributed by atoms with Crippen LogP contribution in [0, 0.1) is 11.8 Å². The minimum Gasteiger partial charge on any atom is -0.481 e. The van der Waals surface area contributed by atoms with Crippen molar-refractivity contribution in [1.29, 1.82) is 0 Å². The van der Waals surface area contributed by atoms with Crippen LogP contribution in [0.4, 0.5) is 0 Å². The third kappa shape index (κ3) is 3.37.